The van der Waals surface area contributed by atoms with Crippen molar-refractivity contribution in [3.63, 3.8) is 0 Å². The molecule has 0 amide bonds. The highest BCUT2D eigenvalue weighted by molar-refractivity contribution is 6.22. The van der Waals surface area contributed by atoms with Gasteiger partial charge in [-0.05, 0) is 73.4 Å². The van der Waals surface area contributed by atoms with Gasteiger partial charge in [0.05, 0.1) is 36.9 Å². The Morgan fingerprint density at radius 1 is 1.07 bits per heavy atom. The predicted molar refractivity (Wildman–Crippen MR) is 162 cm³/mol. The van der Waals surface area contributed by atoms with Crippen molar-refractivity contribution in [2.24, 2.45) is 21.8 Å². The molecule has 9 heteroatoms. The van der Waals surface area contributed by atoms with Gasteiger partial charge < -0.3 is 19.8 Å². The van der Waals surface area contributed by atoms with Gasteiger partial charge in [-0.3, -0.25) is 4.99 Å². The number of aromatic amines is 1. The molecule has 4 aliphatic heterocycles. The minimum absolute atomic E-state index is 0.123. The molecule has 1 aromatic heterocycles. The Bertz CT molecular complexity index is 1640. The number of nitrogens with zero attached hydrogens (tertiary/aromatic N) is 2. The molecule has 2 N–H and O–H groups in total. The molecule has 0 saturated heterocycles. The van der Waals surface area contributed by atoms with Crippen LogP contribution in [0.5, 0.6) is 0 Å². The average Bonchev–Trinajstić information content (AvgIpc) is 3.73. The van der Waals surface area contributed by atoms with Crippen LogP contribution in [0.1, 0.15) is 53.9 Å². The van der Waals surface area contributed by atoms with Crippen LogP contribution in [0, 0.1) is 11.8 Å². The van der Waals surface area contributed by atoms with Crippen molar-refractivity contribution in [1.29, 1.82) is 0 Å². The number of alkyl halides is 1. The highest BCUT2D eigenvalue weighted by atomic mass is 19.1. The molecule has 0 saturated carbocycles. The van der Waals surface area contributed by atoms with E-state index in [9.17, 15) is 9.59 Å². The Morgan fingerprint density at radius 3 is 2.43 bits per heavy atom. The van der Waals surface area contributed by atoms with Gasteiger partial charge in [-0.2, -0.15) is 0 Å². The summed E-state index contributed by atoms with van der Waals surface area (Å²) in [6, 6.07) is 3.91. The van der Waals surface area contributed by atoms with E-state index in [0.29, 0.717) is 47.5 Å². The summed E-state index contributed by atoms with van der Waals surface area (Å²) in [5.74, 6) is -2.34. The maximum absolute atomic E-state index is 16.1. The average molecular weight is 575 g/mol. The van der Waals surface area contributed by atoms with Gasteiger partial charge in [-0.15, -0.1) is 0 Å². The van der Waals surface area contributed by atoms with Crippen molar-refractivity contribution in [3.8, 4) is 0 Å². The normalized spacial score (nSPS) is 28.8. The maximum atomic E-state index is 16.1. The number of ether oxygens (including phenoxy) is 2. The Balaban J connectivity index is 1.86. The smallest absolute Gasteiger partial charge is 0.339 e. The van der Waals surface area contributed by atoms with Gasteiger partial charge in [0, 0.05) is 33.8 Å². The standard InChI is InChI=1S/C33H39FN4O4/c1-8-10-25(34)28-19(4)32(9-2)20(5)33(31(40)42-7)29(30(39)41-6)18(3)26(38-33)16-23-13-11-21(35-23)15-22-12-14-24(36-22)17-27(28)37-32/h11-17,19-20,25,36-37H,8-10H2,1-7H3. The van der Waals surface area contributed by atoms with Crippen LogP contribution >= 0.6 is 0 Å². The predicted octanol–water partition coefficient (Wildman–Crippen LogP) is 3.76. The highest BCUT2D eigenvalue weighted by Gasteiger charge is 2.63. The van der Waals surface area contributed by atoms with Crippen molar-refractivity contribution in [2.75, 3.05) is 14.2 Å². The summed E-state index contributed by atoms with van der Waals surface area (Å²) in [5, 5.41) is 5.35. The van der Waals surface area contributed by atoms with Crippen molar-refractivity contribution in [3.05, 3.63) is 69.2 Å². The summed E-state index contributed by atoms with van der Waals surface area (Å²) in [5.41, 5.74) is 1.14. The van der Waals surface area contributed by atoms with E-state index in [4.69, 9.17) is 19.5 Å². The van der Waals surface area contributed by atoms with E-state index in [2.05, 4.69) is 10.3 Å². The van der Waals surface area contributed by atoms with Crippen LogP contribution in [0.3, 0.4) is 0 Å². The van der Waals surface area contributed by atoms with Crippen LogP contribution in [0.25, 0.3) is 12.2 Å². The lowest BCUT2D eigenvalue weighted by Gasteiger charge is -2.47. The molecule has 42 heavy (non-hydrogen) atoms. The molecule has 0 aromatic carbocycles. The first-order valence-corrected chi connectivity index (χ1v) is 14.6. The quantitative estimate of drug-likeness (QED) is 0.504. The fourth-order valence-electron chi connectivity index (χ4n) is 7.16. The molecular formula is C33H39FN4O4. The SMILES string of the molecule is CCCC(F)C1=C2C=c3ccc([nH]3)=CC3=NC(=CC4=NC(C(=O)OC)(C(C(=O)OC)=C4C)C(C)C(CC)(N2)C1C)C=C3. The van der Waals surface area contributed by atoms with Crippen molar-refractivity contribution in [2.45, 2.75) is 71.1 Å². The summed E-state index contributed by atoms with van der Waals surface area (Å²) in [4.78, 5) is 40.6. The van der Waals surface area contributed by atoms with Gasteiger partial charge in [0.1, 0.15) is 6.17 Å². The van der Waals surface area contributed by atoms with Crippen molar-refractivity contribution >= 4 is 35.5 Å². The Kier molecular flexibility index (Phi) is 7.72. The molecular weight excluding hydrogens is 535 g/mol. The van der Waals surface area contributed by atoms with E-state index in [1.165, 1.54) is 14.2 Å². The number of fused-ring (bicyclic) bond motifs is 6. The molecule has 222 valence electrons. The van der Waals surface area contributed by atoms with Crippen molar-refractivity contribution in [1.82, 2.24) is 10.3 Å². The van der Waals surface area contributed by atoms with Crippen LogP contribution in [-0.2, 0) is 19.1 Å². The van der Waals surface area contributed by atoms with Gasteiger partial charge in [0.25, 0.3) is 0 Å². The number of hydrogen-bond donors (Lipinski definition) is 2. The lowest BCUT2D eigenvalue weighted by molar-refractivity contribution is -0.152. The zero-order valence-electron chi connectivity index (χ0n) is 25.3. The van der Waals surface area contributed by atoms with Gasteiger partial charge in [0.2, 0.25) is 0 Å². The Labute approximate surface area is 245 Å². The molecule has 4 aliphatic rings. The van der Waals surface area contributed by atoms with Crippen LogP contribution in [0.2, 0.25) is 0 Å². The molecule has 1 aromatic rings. The van der Waals surface area contributed by atoms with Crippen LogP contribution in [0.15, 0.2) is 68.5 Å². The molecule has 5 heterocycles. The number of hydrogen-bond acceptors (Lipinski definition) is 7. The molecule has 8 bridgehead atoms. The Hall–Kier alpha value is -4.01. The summed E-state index contributed by atoms with van der Waals surface area (Å²) >= 11 is 0. The number of aliphatic imine (C=N–C) groups is 2. The minimum Gasteiger partial charge on any atom is -0.467 e. The van der Waals surface area contributed by atoms with Gasteiger partial charge in [-0.1, -0.05) is 34.1 Å². The second-order valence-electron chi connectivity index (χ2n) is 11.4. The van der Waals surface area contributed by atoms with E-state index in [1.807, 2.05) is 64.1 Å². The molecule has 5 atom stereocenters. The van der Waals surface area contributed by atoms with Crippen LogP contribution in [0.4, 0.5) is 4.39 Å². The molecule has 8 nitrogen and oxygen atoms in total. The third-order valence-electron chi connectivity index (χ3n) is 9.41. The van der Waals surface area contributed by atoms with Gasteiger partial charge in [0.15, 0.2) is 5.54 Å². The van der Waals surface area contributed by atoms with E-state index in [-0.39, 0.29) is 11.5 Å². The number of carbonyl (C=O) groups is 2. The summed E-state index contributed by atoms with van der Waals surface area (Å²) < 4.78 is 26.7. The first-order chi connectivity index (χ1) is 20.1. The number of esters is 2. The van der Waals surface area contributed by atoms with Gasteiger partial charge in [-0.25, -0.2) is 19.0 Å². The summed E-state index contributed by atoms with van der Waals surface area (Å²) in [6.45, 7) is 9.62. The number of rotatable bonds is 6. The summed E-state index contributed by atoms with van der Waals surface area (Å²) in [6.07, 6.45) is 9.74. The topological polar surface area (TPSA) is 105 Å². The second-order valence-corrected chi connectivity index (χ2v) is 11.4. The zero-order valence-corrected chi connectivity index (χ0v) is 25.3. The van der Waals surface area contributed by atoms with E-state index >= 15 is 4.39 Å². The molecule has 0 aliphatic carbocycles. The number of allylic oxidation sites excluding steroid dienone is 5. The molecule has 5 unspecified atom stereocenters. The lowest BCUT2D eigenvalue weighted by atomic mass is 9.62. The largest absolute Gasteiger partial charge is 0.467 e. The van der Waals surface area contributed by atoms with E-state index in [0.717, 1.165) is 16.4 Å². The first-order valence-electron chi connectivity index (χ1n) is 14.6. The number of nitrogens with one attached hydrogen (secondary N) is 2. The number of aromatic nitrogens is 1. The lowest BCUT2D eigenvalue weighted by Crippen LogP contribution is -2.62. The first kappa shape index (κ1) is 29.5. The monoisotopic (exact) mass is 574 g/mol. The van der Waals surface area contributed by atoms with E-state index in [1.54, 1.807) is 13.0 Å². The number of H-pyrrole nitrogens is 1. The van der Waals surface area contributed by atoms with E-state index < -0.39 is 35.1 Å². The van der Waals surface area contributed by atoms with Gasteiger partial charge >= 0.3 is 11.9 Å². The fraction of sp³-hybridized carbons (Fsp3) is 0.455. The Morgan fingerprint density at radius 2 is 1.79 bits per heavy atom. The summed E-state index contributed by atoms with van der Waals surface area (Å²) in [7, 11) is 2.58. The zero-order chi connectivity index (χ0) is 30.4. The third kappa shape index (κ3) is 4.41. The molecule has 0 radical (unpaired) electrons. The number of methoxy groups -OCH3 is 2. The maximum Gasteiger partial charge on any atom is 0.339 e. The fourth-order valence-corrected chi connectivity index (χ4v) is 7.16. The minimum atomic E-state index is -1.75. The highest BCUT2D eigenvalue weighted by Crippen LogP contribution is 2.52. The third-order valence-corrected chi connectivity index (χ3v) is 9.41. The second kappa shape index (κ2) is 11.0. The number of carbonyl (C=O) groups excluding carboxylic acids is 2. The molecule has 5 rings (SSSR count). The van der Waals surface area contributed by atoms with Crippen LogP contribution < -0.4 is 16.0 Å². The van der Waals surface area contributed by atoms with Crippen LogP contribution in [-0.4, -0.2) is 59.8 Å². The molecule has 0 fully saturated rings. The number of halogens is 1. The van der Waals surface area contributed by atoms with Crippen molar-refractivity contribution < 1.29 is 23.5 Å². The molecule has 0 spiro atoms.